The molecule has 149 valence electrons. The van der Waals surface area contributed by atoms with Crippen molar-refractivity contribution < 1.29 is 4.43 Å². The number of hydrogen-bond acceptors (Lipinski definition) is 1. The maximum absolute atomic E-state index is 6.39. The Hall–Kier alpha value is 0.177. The third-order valence-corrected chi connectivity index (χ3v) is 6.68. The van der Waals surface area contributed by atoms with Crippen LogP contribution in [-0.2, 0) is 4.43 Å². The predicted molar refractivity (Wildman–Crippen MR) is 115 cm³/mol. The molecule has 0 aromatic heterocycles. The molecule has 0 bridgehead atoms. The average molecular weight is 368 g/mol. The first-order valence-corrected chi connectivity index (χ1v) is 14.1. The van der Waals surface area contributed by atoms with Crippen molar-refractivity contribution in [2.24, 2.45) is 5.92 Å². The highest BCUT2D eigenvalue weighted by atomic mass is 28.3. The zero-order valence-corrected chi connectivity index (χ0v) is 18.8. The first-order valence-electron chi connectivity index (χ1n) is 11.7. The van der Waals surface area contributed by atoms with E-state index in [4.69, 9.17) is 4.43 Å². The zero-order valence-electron chi connectivity index (χ0n) is 17.8. The van der Waals surface area contributed by atoms with Crippen molar-refractivity contribution in [2.45, 2.75) is 142 Å². The molecule has 1 aliphatic carbocycles. The molecule has 0 spiro atoms. The second kappa shape index (κ2) is 16.4. The Kier molecular flexibility index (Phi) is 15.2. The van der Waals surface area contributed by atoms with Crippen molar-refractivity contribution >= 4 is 9.04 Å². The first kappa shape index (κ1) is 23.2. The summed E-state index contributed by atoms with van der Waals surface area (Å²) in [5, 5.41) is 0. The first-order chi connectivity index (χ1) is 12.2. The van der Waals surface area contributed by atoms with Gasteiger partial charge in [0.2, 0.25) is 9.04 Å². The van der Waals surface area contributed by atoms with E-state index in [1.165, 1.54) is 116 Å². The van der Waals surface area contributed by atoms with Crippen LogP contribution in [0.25, 0.3) is 0 Å². The Morgan fingerprint density at radius 2 is 1.20 bits per heavy atom. The van der Waals surface area contributed by atoms with Crippen molar-refractivity contribution in [2.75, 3.05) is 0 Å². The summed E-state index contributed by atoms with van der Waals surface area (Å²) in [7, 11) is -0.547. The van der Waals surface area contributed by atoms with E-state index < -0.39 is 9.04 Å². The minimum absolute atomic E-state index is 0.547. The molecule has 0 heterocycles. The van der Waals surface area contributed by atoms with E-state index in [2.05, 4.69) is 20.0 Å². The van der Waals surface area contributed by atoms with Crippen molar-refractivity contribution in [1.82, 2.24) is 0 Å². The monoisotopic (exact) mass is 367 g/mol. The molecule has 1 fully saturated rings. The van der Waals surface area contributed by atoms with Crippen LogP contribution >= 0.6 is 0 Å². The van der Waals surface area contributed by atoms with Crippen molar-refractivity contribution in [3.05, 3.63) is 0 Å². The molecule has 0 amide bonds. The third kappa shape index (κ3) is 13.1. The number of hydrogen-bond donors (Lipinski definition) is 0. The molecule has 1 radical (unpaired) electrons. The van der Waals surface area contributed by atoms with E-state index in [9.17, 15) is 0 Å². The average Bonchev–Trinajstić information content (AvgIpc) is 2.62. The summed E-state index contributed by atoms with van der Waals surface area (Å²) in [6, 6.07) is 0. The van der Waals surface area contributed by atoms with Gasteiger partial charge < -0.3 is 4.43 Å². The van der Waals surface area contributed by atoms with Crippen LogP contribution in [0.15, 0.2) is 0 Å². The fourth-order valence-corrected chi connectivity index (χ4v) is 5.30. The molecule has 0 aromatic carbocycles. The third-order valence-electron chi connectivity index (χ3n) is 5.90. The lowest BCUT2D eigenvalue weighted by atomic mass is 9.83. The molecule has 2 heteroatoms. The van der Waals surface area contributed by atoms with Gasteiger partial charge in [-0.15, -0.1) is 0 Å². The summed E-state index contributed by atoms with van der Waals surface area (Å²) >= 11 is 0. The van der Waals surface area contributed by atoms with Crippen LogP contribution in [0.2, 0.25) is 13.1 Å². The van der Waals surface area contributed by atoms with Crippen LogP contribution in [0, 0.1) is 5.92 Å². The summed E-state index contributed by atoms with van der Waals surface area (Å²) in [6.07, 6.45) is 26.5. The van der Waals surface area contributed by atoms with Gasteiger partial charge >= 0.3 is 0 Å². The van der Waals surface area contributed by atoms with E-state index >= 15 is 0 Å². The summed E-state index contributed by atoms with van der Waals surface area (Å²) in [4.78, 5) is 0. The molecule has 0 aliphatic heterocycles. The van der Waals surface area contributed by atoms with Gasteiger partial charge in [-0.3, -0.25) is 0 Å². The number of rotatable bonds is 16. The molecule has 25 heavy (non-hydrogen) atoms. The van der Waals surface area contributed by atoms with Crippen LogP contribution in [0.5, 0.6) is 0 Å². The Morgan fingerprint density at radius 1 is 0.720 bits per heavy atom. The maximum Gasteiger partial charge on any atom is 0.205 e. The van der Waals surface area contributed by atoms with Gasteiger partial charge in [0.05, 0.1) is 0 Å². The van der Waals surface area contributed by atoms with Crippen LogP contribution in [-0.4, -0.2) is 15.1 Å². The highest BCUT2D eigenvalue weighted by molar-refractivity contribution is 6.48. The quantitative estimate of drug-likeness (QED) is 0.197. The van der Waals surface area contributed by atoms with Crippen LogP contribution in [0.3, 0.4) is 0 Å². The second-order valence-corrected chi connectivity index (χ2v) is 10.7. The molecule has 1 nitrogen and oxygen atoms in total. The van der Waals surface area contributed by atoms with Gasteiger partial charge in [-0.1, -0.05) is 103 Å². The lowest BCUT2D eigenvalue weighted by Crippen LogP contribution is -2.30. The van der Waals surface area contributed by atoms with E-state index in [1.807, 2.05) is 0 Å². The molecule has 1 aliphatic rings. The SMILES string of the molecule is CCCCCCCCCCCCCCC(O[Si](C)C)C1CCCCC1. The minimum Gasteiger partial charge on any atom is -0.414 e. The standard InChI is InChI=1S/C23H47OSi/c1-4-5-6-7-8-9-10-11-12-13-14-18-21-23(24-25(2)3)22-19-16-15-17-20-22/h22-23H,4-21H2,1-3H3. The van der Waals surface area contributed by atoms with Gasteiger partial charge in [-0.2, -0.15) is 0 Å². The Labute approximate surface area is 161 Å². The van der Waals surface area contributed by atoms with Gasteiger partial charge in [0, 0.05) is 6.10 Å². The van der Waals surface area contributed by atoms with Crippen molar-refractivity contribution in [3.63, 3.8) is 0 Å². The van der Waals surface area contributed by atoms with Gasteiger partial charge in [0.1, 0.15) is 0 Å². The second-order valence-electron chi connectivity index (χ2n) is 8.64. The number of unbranched alkanes of at least 4 members (excludes halogenated alkanes) is 11. The molecule has 0 aromatic rings. The molecule has 1 saturated carbocycles. The highest BCUT2D eigenvalue weighted by Crippen LogP contribution is 2.31. The molecule has 1 unspecified atom stereocenters. The summed E-state index contributed by atoms with van der Waals surface area (Å²) < 4.78 is 6.39. The van der Waals surface area contributed by atoms with Crippen LogP contribution < -0.4 is 0 Å². The zero-order chi connectivity index (χ0) is 18.2. The molecule has 0 saturated heterocycles. The lowest BCUT2D eigenvalue weighted by molar-refractivity contribution is 0.0969. The molecular formula is C23H47OSi. The lowest BCUT2D eigenvalue weighted by Gasteiger charge is -2.31. The van der Waals surface area contributed by atoms with Gasteiger partial charge in [-0.05, 0) is 38.3 Å². The van der Waals surface area contributed by atoms with Crippen molar-refractivity contribution in [1.29, 1.82) is 0 Å². The van der Waals surface area contributed by atoms with E-state index in [-0.39, 0.29) is 0 Å². The van der Waals surface area contributed by atoms with E-state index in [0.717, 1.165) is 5.92 Å². The fourth-order valence-electron chi connectivity index (χ4n) is 4.39. The summed E-state index contributed by atoms with van der Waals surface area (Å²) in [5.74, 6) is 0.876. The van der Waals surface area contributed by atoms with E-state index in [0.29, 0.717) is 6.10 Å². The summed E-state index contributed by atoms with van der Waals surface area (Å²) in [6.45, 7) is 6.92. The largest absolute Gasteiger partial charge is 0.414 e. The minimum atomic E-state index is -0.547. The van der Waals surface area contributed by atoms with Gasteiger partial charge in [0.25, 0.3) is 0 Å². The summed E-state index contributed by atoms with van der Waals surface area (Å²) in [5.41, 5.74) is 0. The molecule has 1 rings (SSSR count). The smallest absolute Gasteiger partial charge is 0.205 e. The molecule has 1 atom stereocenters. The maximum atomic E-state index is 6.39. The predicted octanol–water partition coefficient (Wildman–Crippen LogP) is 8.29. The topological polar surface area (TPSA) is 9.23 Å². The molecule has 0 N–H and O–H groups in total. The Morgan fingerprint density at radius 3 is 1.68 bits per heavy atom. The fraction of sp³-hybridized carbons (Fsp3) is 1.00. The van der Waals surface area contributed by atoms with Crippen LogP contribution in [0.1, 0.15) is 122 Å². The Balaban J connectivity index is 1.96. The van der Waals surface area contributed by atoms with Gasteiger partial charge in [-0.25, -0.2) is 0 Å². The molecular weight excluding hydrogens is 320 g/mol. The van der Waals surface area contributed by atoms with E-state index in [1.54, 1.807) is 0 Å². The van der Waals surface area contributed by atoms with Crippen LogP contribution in [0.4, 0.5) is 0 Å². The Bertz CT molecular complexity index is 273. The van der Waals surface area contributed by atoms with Crippen molar-refractivity contribution in [3.8, 4) is 0 Å². The van der Waals surface area contributed by atoms with Gasteiger partial charge in [0.15, 0.2) is 0 Å². The normalized spacial score (nSPS) is 17.3. The highest BCUT2D eigenvalue weighted by Gasteiger charge is 2.24.